The van der Waals surface area contributed by atoms with Gasteiger partial charge in [-0.15, -0.1) is 0 Å². The molecule has 2 aromatic carbocycles. The Kier molecular flexibility index (Phi) is 9.00. The lowest BCUT2D eigenvalue weighted by Gasteiger charge is -2.37. The van der Waals surface area contributed by atoms with Gasteiger partial charge in [-0.05, 0) is 76.3 Å². The van der Waals surface area contributed by atoms with Gasteiger partial charge >= 0.3 is 12.1 Å². The second-order valence-electron chi connectivity index (χ2n) is 9.98. The summed E-state index contributed by atoms with van der Waals surface area (Å²) in [7, 11) is 1.95. The van der Waals surface area contributed by atoms with E-state index in [-0.39, 0.29) is 16.5 Å². The highest BCUT2D eigenvalue weighted by Gasteiger charge is 2.38. The number of rotatable bonds is 7. The summed E-state index contributed by atoms with van der Waals surface area (Å²) in [6, 6.07) is 9.13. The van der Waals surface area contributed by atoms with Crippen LogP contribution in [0.3, 0.4) is 0 Å². The molecule has 6 nitrogen and oxygen atoms in total. The summed E-state index contributed by atoms with van der Waals surface area (Å²) in [5, 5.41) is 21.3. The molecular formula is C27H30F4N4O2S. The molecule has 204 valence electrons. The molecule has 0 spiro atoms. The van der Waals surface area contributed by atoms with Crippen LogP contribution in [0.1, 0.15) is 62.6 Å². The van der Waals surface area contributed by atoms with Crippen LogP contribution in [0, 0.1) is 17.1 Å². The van der Waals surface area contributed by atoms with Gasteiger partial charge in [0.1, 0.15) is 11.4 Å². The third-order valence-corrected chi connectivity index (χ3v) is 7.18. The summed E-state index contributed by atoms with van der Waals surface area (Å²) in [5.41, 5.74) is -2.94. The quantitative estimate of drug-likeness (QED) is 0.299. The van der Waals surface area contributed by atoms with E-state index in [1.165, 1.54) is 38.5 Å². The second-order valence-corrected chi connectivity index (χ2v) is 10.4. The van der Waals surface area contributed by atoms with Crippen molar-refractivity contribution in [3.63, 3.8) is 0 Å². The third-order valence-electron chi connectivity index (χ3n) is 6.89. The SMILES string of the molecule is CN(Cc1ccc(N(C(=S)Nc2ccc(C#N)c(C(F)(F)F)c2)C(C)(C)C(=O)O)cc1F)C1CCCCC1. The van der Waals surface area contributed by atoms with E-state index in [1.807, 2.05) is 7.05 Å². The van der Waals surface area contributed by atoms with Crippen LogP contribution in [0.5, 0.6) is 0 Å². The van der Waals surface area contributed by atoms with Gasteiger partial charge in [0.15, 0.2) is 5.11 Å². The molecule has 1 aliphatic carbocycles. The molecule has 0 atom stereocenters. The van der Waals surface area contributed by atoms with Gasteiger partial charge in [-0.3, -0.25) is 4.90 Å². The van der Waals surface area contributed by atoms with Gasteiger partial charge in [-0.25, -0.2) is 9.18 Å². The number of carboxylic acid groups (broad SMARTS) is 1. The van der Waals surface area contributed by atoms with Gasteiger partial charge in [0.2, 0.25) is 0 Å². The minimum absolute atomic E-state index is 0.0984. The topological polar surface area (TPSA) is 79.6 Å². The first-order valence-corrected chi connectivity index (χ1v) is 12.6. The molecule has 0 aromatic heterocycles. The number of nitriles is 1. The molecule has 0 bridgehead atoms. The van der Waals surface area contributed by atoms with Crippen molar-refractivity contribution in [2.24, 2.45) is 0 Å². The Morgan fingerprint density at radius 1 is 1.16 bits per heavy atom. The number of carbonyl (C=O) groups is 1. The summed E-state index contributed by atoms with van der Waals surface area (Å²) >= 11 is 5.41. The zero-order valence-corrected chi connectivity index (χ0v) is 22.2. The van der Waals surface area contributed by atoms with Crippen LogP contribution in [0.15, 0.2) is 36.4 Å². The van der Waals surface area contributed by atoms with E-state index in [2.05, 4.69) is 10.2 Å². The van der Waals surface area contributed by atoms with E-state index in [0.29, 0.717) is 18.2 Å². The fraction of sp³-hybridized carbons (Fsp3) is 0.444. The average molecular weight is 551 g/mol. The van der Waals surface area contributed by atoms with E-state index >= 15 is 4.39 Å². The van der Waals surface area contributed by atoms with Crippen molar-refractivity contribution < 1.29 is 27.5 Å². The van der Waals surface area contributed by atoms with Gasteiger partial charge in [-0.1, -0.05) is 25.3 Å². The molecule has 0 amide bonds. The highest BCUT2D eigenvalue weighted by Crippen LogP contribution is 2.34. The minimum Gasteiger partial charge on any atom is -0.480 e. The number of hydrogen-bond acceptors (Lipinski definition) is 4. The van der Waals surface area contributed by atoms with Crippen molar-refractivity contribution in [1.29, 1.82) is 5.26 Å². The Labute approximate surface area is 224 Å². The van der Waals surface area contributed by atoms with Gasteiger partial charge in [0.05, 0.1) is 17.2 Å². The first-order valence-electron chi connectivity index (χ1n) is 12.2. The number of halogens is 4. The maximum Gasteiger partial charge on any atom is 0.417 e. The van der Waals surface area contributed by atoms with Crippen molar-refractivity contribution in [2.45, 2.75) is 70.3 Å². The number of anilines is 2. The first kappa shape index (κ1) is 29.3. The zero-order chi connectivity index (χ0) is 28.3. The average Bonchev–Trinajstić information content (AvgIpc) is 2.85. The molecule has 1 fully saturated rings. The number of alkyl halides is 3. The molecule has 3 rings (SSSR count). The van der Waals surface area contributed by atoms with E-state index < -0.39 is 34.6 Å². The standard InChI is InChI=1S/C27H30F4N4O2S/c1-26(2,24(36)37)35(25(38)33-19-11-9-17(15-32)22(13-19)27(29,30)31)21-12-10-18(23(28)14-21)16-34(3)20-7-5-4-6-8-20/h9-14,20H,4-8,16H2,1-3H3,(H,33,38)(H,36,37). The lowest BCUT2D eigenvalue weighted by atomic mass is 9.94. The molecule has 0 heterocycles. The van der Waals surface area contributed by atoms with E-state index in [9.17, 15) is 23.1 Å². The van der Waals surface area contributed by atoms with Crippen molar-refractivity contribution in [3.05, 3.63) is 58.9 Å². The van der Waals surface area contributed by atoms with Crippen LogP contribution in [-0.2, 0) is 17.5 Å². The second kappa shape index (κ2) is 11.7. The molecule has 0 radical (unpaired) electrons. The van der Waals surface area contributed by atoms with Crippen molar-refractivity contribution >= 4 is 34.7 Å². The van der Waals surface area contributed by atoms with Crippen LogP contribution >= 0.6 is 12.2 Å². The van der Waals surface area contributed by atoms with Gasteiger partial charge in [0.25, 0.3) is 0 Å². The molecule has 11 heteroatoms. The number of hydrogen-bond donors (Lipinski definition) is 2. The monoisotopic (exact) mass is 550 g/mol. The smallest absolute Gasteiger partial charge is 0.417 e. The Balaban J connectivity index is 1.91. The Hall–Kier alpha value is -3.23. The largest absolute Gasteiger partial charge is 0.480 e. The van der Waals surface area contributed by atoms with E-state index in [1.54, 1.807) is 12.1 Å². The fourth-order valence-corrected chi connectivity index (χ4v) is 5.10. The predicted molar refractivity (Wildman–Crippen MR) is 141 cm³/mol. The molecule has 2 aromatic rings. The maximum atomic E-state index is 15.3. The number of nitrogens with zero attached hydrogens (tertiary/aromatic N) is 3. The van der Waals surface area contributed by atoms with E-state index in [0.717, 1.165) is 42.7 Å². The number of carboxylic acids is 1. The summed E-state index contributed by atoms with van der Waals surface area (Å²) in [6.45, 7) is 3.09. The Morgan fingerprint density at radius 2 is 1.82 bits per heavy atom. The zero-order valence-electron chi connectivity index (χ0n) is 21.4. The van der Waals surface area contributed by atoms with Crippen molar-refractivity contribution in [2.75, 3.05) is 17.3 Å². The molecule has 0 saturated heterocycles. The van der Waals surface area contributed by atoms with Gasteiger partial charge in [-0.2, -0.15) is 18.4 Å². The predicted octanol–water partition coefficient (Wildman–Crippen LogP) is 6.55. The molecule has 0 aliphatic heterocycles. The Morgan fingerprint density at radius 3 is 2.37 bits per heavy atom. The third kappa shape index (κ3) is 6.60. The maximum absolute atomic E-state index is 15.3. The normalized spacial score (nSPS) is 14.7. The first-order chi connectivity index (χ1) is 17.8. The summed E-state index contributed by atoms with van der Waals surface area (Å²) in [4.78, 5) is 15.4. The molecule has 2 N–H and O–H groups in total. The number of thiocarbonyl (C=S) groups is 1. The lowest BCUT2D eigenvalue weighted by Crippen LogP contribution is -2.55. The minimum atomic E-state index is -4.78. The molecule has 38 heavy (non-hydrogen) atoms. The van der Waals surface area contributed by atoms with Crippen LogP contribution in [0.2, 0.25) is 0 Å². The highest BCUT2D eigenvalue weighted by atomic mass is 32.1. The fourth-order valence-electron chi connectivity index (χ4n) is 4.65. The summed E-state index contributed by atoms with van der Waals surface area (Å²) in [5.74, 6) is -1.82. The summed E-state index contributed by atoms with van der Waals surface area (Å²) in [6.07, 6.45) is 0.822. The molecule has 0 unspecified atom stereocenters. The van der Waals surface area contributed by atoms with Gasteiger partial charge < -0.3 is 15.3 Å². The highest BCUT2D eigenvalue weighted by molar-refractivity contribution is 7.80. The molecular weight excluding hydrogens is 520 g/mol. The van der Waals surface area contributed by atoms with Gasteiger partial charge in [0, 0.05) is 29.5 Å². The Bertz CT molecular complexity index is 1240. The number of benzene rings is 2. The van der Waals surface area contributed by atoms with Crippen LogP contribution in [-0.4, -0.2) is 39.7 Å². The number of nitrogens with one attached hydrogen (secondary N) is 1. The van der Waals surface area contributed by atoms with Crippen LogP contribution in [0.25, 0.3) is 0 Å². The van der Waals surface area contributed by atoms with Crippen molar-refractivity contribution in [3.8, 4) is 6.07 Å². The number of aliphatic carboxylic acids is 1. The summed E-state index contributed by atoms with van der Waals surface area (Å²) < 4.78 is 55.5. The van der Waals surface area contributed by atoms with Crippen LogP contribution < -0.4 is 10.2 Å². The van der Waals surface area contributed by atoms with Crippen LogP contribution in [0.4, 0.5) is 28.9 Å². The molecule has 1 saturated carbocycles. The van der Waals surface area contributed by atoms with Crippen molar-refractivity contribution in [1.82, 2.24) is 4.90 Å². The molecule has 1 aliphatic rings. The van der Waals surface area contributed by atoms with E-state index in [4.69, 9.17) is 17.5 Å². The lowest BCUT2D eigenvalue weighted by molar-refractivity contribution is -0.141.